The van der Waals surface area contributed by atoms with Gasteiger partial charge in [-0.3, -0.25) is 0 Å². The molecule has 2 aromatic heterocycles. The van der Waals surface area contributed by atoms with Crippen LogP contribution in [0.15, 0.2) is 44.6 Å². The van der Waals surface area contributed by atoms with E-state index in [4.69, 9.17) is 4.42 Å². The Balaban J connectivity index is 2.12. The Hall–Kier alpha value is -1.34. The molecule has 0 saturated heterocycles. The second kappa shape index (κ2) is 5.34. The molecular formula is C12H13BrN2O3S. The van der Waals surface area contributed by atoms with E-state index in [0.717, 1.165) is 17.7 Å². The lowest BCUT2D eigenvalue weighted by Crippen LogP contribution is -2.07. The molecule has 0 saturated carbocycles. The maximum atomic E-state index is 11.3. The molecule has 102 valence electrons. The molecule has 2 heterocycles. The number of hydrogen-bond donors (Lipinski definition) is 1. The van der Waals surface area contributed by atoms with Crippen molar-refractivity contribution in [3.05, 3.63) is 40.9 Å². The van der Waals surface area contributed by atoms with Gasteiger partial charge in [0, 0.05) is 6.26 Å². The standard InChI is InChI=1S/C12H13BrN2O3S/c1-8(10-4-5-11(13)18-10)15-9-3-6-12(14-7-9)19(2,16)17/h3-8,15H,1-2H3. The van der Waals surface area contributed by atoms with Crippen molar-refractivity contribution >= 4 is 31.5 Å². The summed E-state index contributed by atoms with van der Waals surface area (Å²) in [7, 11) is -3.26. The van der Waals surface area contributed by atoms with E-state index in [2.05, 4.69) is 26.2 Å². The summed E-state index contributed by atoms with van der Waals surface area (Å²) in [5, 5.41) is 3.24. The summed E-state index contributed by atoms with van der Waals surface area (Å²) in [4.78, 5) is 3.91. The molecule has 5 nitrogen and oxygen atoms in total. The van der Waals surface area contributed by atoms with Crippen LogP contribution >= 0.6 is 15.9 Å². The molecule has 0 fully saturated rings. The van der Waals surface area contributed by atoms with Crippen molar-refractivity contribution in [1.82, 2.24) is 4.98 Å². The fourth-order valence-electron chi connectivity index (χ4n) is 1.57. The second-order valence-corrected chi connectivity index (χ2v) is 6.91. The molecule has 1 N–H and O–H groups in total. The van der Waals surface area contributed by atoms with Crippen LogP contribution in [0, 0.1) is 0 Å². The van der Waals surface area contributed by atoms with Crippen LogP contribution < -0.4 is 5.32 Å². The van der Waals surface area contributed by atoms with Crippen LogP contribution in [0.5, 0.6) is 0 Å². The lowest BCUT2D eigenvalue weighted by atomic mass is 10.2. The van der Waals surface area contributed by atoms with Crippen molar-refractivity contribution in [3.63, 3.8) is 0 Å². The molecule has 0 aromatic carbocycles. The van der Waals surface area contributed by atoms with E-state index < -0.39 is 9.84 Å². The maximum Gasteiger partial charge on any atom is 0.192 e. The zero-order valence-electron chi connectivity index (χ0n) is 10.4. The third-order valence-electron chi connectivity index (χ3n) is 2.52. The first kappa shape index (κ1) is 14.1. The van der Waals surface area contributed by atoms with Gasteiger partial charge in [0.15, 0.2) is 19.5 Å². The first-order valence-electron chi connectivity index (χ1n) is 5.54. The van der Waals surface area contributed by atoms with E-state index in [1.807, 2.05) is 19.1 Å². The summed E-state index contributed by atoms with van der Waals surface area (Å²) < 4.78 is 28.7. The van der Waals surface area contributed by atoms with Crippen LogP contribution in [-0.2, 0) is 9.84 Å². The van der Waals surface area contributed by atoms with Gasteiger partial charge in [-0.1, -0.05) is 0 Å². The molecule has 0 aliphatic rings. The van der Waals surface area contributed by atoms with Crippen molar-refractivity contribution in [1.29, 1.82) is 0 Å². The number of nitrogens with zero attached hydrogens (tertiary/aromatic N) is 1. The van der Waals surface area contributed by atoms with E-state index in [1.54, 1.807) is 6.07 Å². The number of nitrogens with one attached hydrogen (secondary N) is 1. The smallest absolute Gasteiger partial charge is 0.192 e. The monoisotopic (exact) mass is 344 g/mol. The van der Waals surface area contributed by atoms with Gasteiger partial charge in [0.05, 0.1) is 17.9 Å². The molecule has 0 spiro atoms. The predicted octanol–water partition coefficient (Wildman–Crippen LogP) is 3.01. The first-order valence-corrected chi connectivity index (χ1v) is 8.22. The van der Waals surface area contributed by atoms with Crippen LogP contribution in [0.4, 0.5) is 5.69 Å². The summed E-state index contributed by atoms with van der Waals surface area (Å²) in [5.41, 5.74) is 0.729. The topological polar surface area (TPSA) is 72.2 Å². The highest BCUT2D eigenvalue weighted by atomic mass is 79.9. The number of rotatable bonds is 4. The molecule has 1 atom stereocenters. The highest BCUT2D eigenvalue weighted by molar-refractivity contribution is 9.10. The molecule has 2 rings (SSSR count). The van der Waals surface area contributed by atoms with Crippen molar-refractivity contribution in [2.75, 3.05) is 11.6 Å². The van der Waals surface area contributed by atoms with Gasteiger partial charge in [-0.05, 0) is 47.1 Å². The SMILES string of the molecule is CC(Nc1ccc(S(C)(=O)=O)nc1)c1ccc(Br)o1. The molecule has 2 aromatic rings. The summed E-state index contributed by atoms with van der Waals surface area (Å²) in [6.07, 6.45) is 2.62. The number of furan rings is 1. The number of sulfone groups is 1. The molecule has 0 amide bonds. The predicted molar refractivity (Wildman–Crippen MR) is 75.8 cm³/mol. The number of halogens is 1. The Morgan fingerprint density at radius 3 is 2.53 bits per heavy atom. The van der Waals surface area contributed by atoms with Crippen LogP contribution in [-0.4, -0.2) is 19.7 Å². The average Bonchev–Trinajstić information content (AvgIpc) is 2.75. The van der Waals surface area contributed by atoms with Gasteiger partial charge < -0.3 is 9.73 Å². The highest BCUT2D eigenvalue weighted by Gasteiger charge is 2.11. The minimum Gasteiger partial charge on any atom is -0.452 e. The average molecular weight is 345 g/mol. The van der Waals surface area contributed by atoms with Crippen molar-refractivity contribution in [2.45, 2.75) is 18.0 Å². The van der Waals surface area contributed by atoms with Crippen molar-refractivity contribution in [2.24, 2.45) is 0 Å². The lowest BCUT2D eigenvalue weighted by molar-refractivity contribution is 0.471. The third kappa shape index (κ3) is 3.57. The van der Waals surface area contributed by atoms with Gasteiger partial charge in [-0.2, -0.15) is 0 Å². The Labute approximate surface area is 120 Å². The van der Waals surface area contributed by atoms with E-state index in [-0.39, 0.29) is 11.1 Å². The minimum atomic E-state index is -3.26. The van der Waals surface area contributed by atoms with Gasteiger partial charge in [0.2, 0.25) is 0 Å². The quantitative estimate of drug-likeness (QED) is 0.922. The number of aromatic nitrogens is 1. The van der Waals surface area contributed by atoms with Crippen LogP contribution in [0.25, 0.3) is 0 Å². The number of hydrogen-bond acceptors (Lipinski definition) is 5. The second-order valence-electron chi connectivity index (χ2n) is 4.17. The fourth-order valence-corrected chi connectivity index (χ4v) is 2.45. The molecule has 0 radical (unpaired) electrons. The minimum absolute atomic E-state index is 0.0443. The summed E-state index contributed by atoms with van der Waals surface area (Å²) in [6, 6.07) is 6.79. The molecule has 0 aliphatic carbocycles. The lowest BCUT2D eigenvalue weighted by Gasteiger charge is -2.12. The number of anilines is 1. The molecule has 19 heavy (non-hydrogen) atoms. The third-order valence-corrected chi connectivity index (χ3v) is 3.95. The summed E-state index contributed by atoms with van der Waals surface area (Å²) in [6.45, 7) is 1.94. The zero-order chi connectivity index (χ0) is 14.0. The van der Waals surface area contributed by atoms with E-state index >= 15 is 0 Å². The van der Waals surface area contributed by atoms with E-state index in [9.17, 15) is 8.42 Å². The van der Waals surface area contributed by atoms with Gasteiger partial charge in [-0.15, -0.1) is 0 Å². The van der Waals surface area contributed by atoms with Crippen LogP contribution in [0.3, 0.4) is 0 Å². The van der Waals surface area contributed by atoms with Crippen molar-refractivity contribution in [3.8, 4) is 0 Å². The maximum absolute atomic E-state index is 11.3. The molecule has 0 bridgehead atoms. The Bertz CT molecular complexity index is 665. The first-order chi connectivity index (χ1) is 8.86. The van der Waals surface area contributed by atoms with E-state index in [1.165, 1.54) is 12.3 Å². The Morgan fingerprint density at radius 1 is 1.32 bits per heavy atom. The fraction of sp³-hybridized carbons (Fsp3) is 0.250. The number of pyridine rings is 1. The van der Waals surface area contributed by atoms with Crippen LogP contribution in [0.2, 0.25) is 0 Å². The highest BCUT2D eigenvalue weighted by Crippen LogP contribution is 2.23. The largest absolute Gasteiger partial charge is 0.452 e. The van der Waals surface area contributed by atoms with Gasteiger partial charge in [0.1, 0.15) is 5.76 Å². The Morgan fingerprint density at radius 2 is 2.05 bits per heavy atom. The van der Waals surface area contributed by atoms with Crippen molar-refractivity contribution < 1.29 is 12.8 Å². The molecule has 7 heteroatoms. The van der Waals surface area contributed by atoms with E-state index in [0.29, 0.717) is 4.67 Å². The normalized spacial score (nSPS) is 13.2. The van der Waals surface area contributed by atoms with Gasteiger partial charge >= 0.3 is 0 Å². The zero-order valence-corrected chi connectivity index (χ0v) is 12.8. The van der Waals surface area contributed by atoms with Crippen LogP contribution in [0.1, 0.15) is 18.7 Å². The summed E-state index contributed by atoms with van der Waals surface area (Å²) in [5.74, 6) is 0.777. The molecular weight excluding hydrogens is 332 g/mol. The van der Waals surface area contributed by atoms with Gasteiger partial charge in [0.25, 0.3) is 0 Å². The Kier molecular flexibility index (Phi) is 3.96. The molecule has 0 aliphatic heterocycles. The van der Waals surface area contributed by atoms with Gasteiger partial charge in [-0.25, -0.2) is 13.4 Å². The summed E-state index contributed by atoms with van der Waals surface area (Å²) >= 11 is 3.24. The molecule has 1 unspecified atom stereocenters.